The average Bonchev–Trinajstić information content (AvgIpc) is 3.21. The van der Waals surface area contributed by atoms with E-state index in [2.05, 4.69) is 101 Å². The van der Waals surface area contributed by atoms with Crippen LogP contribution >= 0.6 is 0 Å². The van der Waals surface area contributed by atoms with Gasteiger partial charge in [-0.1, -0.05) is 140 Å². The molecule has 0 aromatic carbocycles. The van der Waals surface area contributed by atoms with Gasteiger partial charge in [-0.3, -0.25) is 0 Å². The summed E-state index contributed by atoms with van der Waals surface area (Å²) in [6.45, 7) is 54.2. The van der Waals surface area contributed by atoms with Crippen LogP contribution in [0.15, 0.2) is 116 Å². The van der Waals surface area contributed by atoms with Crippen molar-refractivity contribution in [2.24, 2.45) is 17.8 Å². The van der Waals surface area contributed by atoms with Gasteiger partial charge in [0.1, 0.15) is 25.4 Å². The first-order chi connectivity index (χ1) is 27.4. The molecule has 0 saturated carbocycles. The third-order valence-corrected chi connectivity index (χ3v) is 7.44. The van der Waals surface area contributed by atoms with Crippen molar-refractivity contribution in [3.8, 4) is 0 Å². The molecule has 0 amide bonds. The van der Waals surface area contributed by atoms with Crippen LogP contribution in [0.1, 0.15) is 120 Å². The molecule has 0 aromatic rings. The van der Waals surface area contributed by atoms with Gasteiger partial charge in [-0.2, -0.15) is 0 Å². The van der Waals surface area contributed by atoms with Crippen LogP contribution in [0.25, 0.3) is 0 Å². The SMILES string of the molecule is C=COC(C)CCC.C=COCC(C)CCCC.C=COCC(C)OC=C.C=COCC(CC)CC.C=COCC(CC)OC=C.C=COCCC(C)COC=C. The number of unbranched alkanes of at least 4 members (excludes halogenated alkanes) is 1. The van der Waals surface area contributed by atoms with E-state index >= 15 is 0 Å². The van der Waals surface area contributed by atoms with Crippen LogP contribution in [0.3, 0.4) is 0 Å². The van der Waals surface area contributed by atoms with Gasteiger partial charge in [-0.25, -0.2) is 0 Å². The highest BCUT2D eigenvalue weighted by atomic mass is 16.5. The Balaban J connectivity index is -0.000000137. The molecule has 5 unspecified atom stereocenters. The molecule has 0 N–H and O–H groups in total. The fraction of sp³-hybridized carbons (Fsp3) is 0.625. The van der Waals surface area contributed by atoms with Crippen LogP contribution in [0, 0.1) is 17.8 Å². The van der Waals surface area contributed by atoms with Gasteiger partial charge in [0.25, 0.3) is 0 Å². The predicted molar refractivity (Wildman–Crippen MR) is 245 cm³/mol. The molecule has 5 atom stereocenters. The van der Waals surface area contributed by atoms with Gasteiger partial charge in [0, 0.05) is 0 Å². The zero-order valence-electron chi connectivity index (χ0n) is 38.3. The Morgan fingerprint density at radius 1 is 0.386 bits per heavy atom. The summed E-state index contributed by atoms with van der Waals surface area (Å²) in [6.07, 6.45) is 24.0. The summed E-state index contributed by atoms with van der Waals surface area (Å²) in [5, 5.41) is 0. The number of hydrogen-bond donors (Lipinski definition) is 0. The Kier molecular flexibility index (Phi) is 69.4. The Morgan fingerprint density at radius 2 is 0.807 bits per heavy atom. The van der Waals surface area contributed by atoms with Crippen LogP contribution in [0.4, 0.5) is 0 Å². The van der Waals surface area contributed by atoms with E-state index in [-0.39, 0.29) is 12.2 Å². The first-order valence-electron chi connectivity index (χ1n) is 20.6. The Labute approximate surface area is 353 Å². The van der Waals surface area contributed by atoms with Gasteiger partial charge in [0.2, 0.25) is 0 Å². The van der Waals surface area contributed by atoms with E-state index in [1.807, 2.05) is 20.8 Å². The van der Waals surface area contributed by atoms with Crippen molar-refractivity contribution < 1.29 is 42.6 Å². The zero-order valence-corrected chi connectivity index (χ0v) is 38.3. The smallest absolute Gasteiger partial charge is 0.131 e. The van der Waals surface area contributed by atoms with Crippen molar-refractivity contribution in [1.29, 1.82) is 0 Å². The monoisotopic (exact) mass is 811 g/mol. The van der Waals surface area contributed by atoms with Gasteiger partial charge in [-0.15, -0.1) is 0 Å². The largest absolute Gasteiger partial charge is 0.502 e. The number of hydrogen-bond acceptors (Lipinski definition) is 9. The van der Waals surface area contributed by atoms with E-state index in [1.54, 1.807) is 0 Å². The molecule has 57 heavy (non-hydrogen) atoms. The quantitative estimate of drug-likeness (QED) is 0.0475. The lowest BCUT2D eigenvalue weighted by Gasteiger charge is -2.12. The van der Waals surface area contributed by atoms with E-state index in [0.717, 1.165) is 32.5 Å². The average molecular weight is 811 g/mol. The summed E-state index contributed by atoms with van der Waals surface area (Å²) in [6, 6.07) is 0. The second-order valence-electron chi connectivity index (χ2n) is 12.7. The van der Waals surface area contributed by atoms with Crippen molar-refractivity contribution >= 4 is 0 Å². The number of ether oxygens (including phenoxy) is 9. The maximum atomic E-state index is 5.08. The highest BCUT2D eigenvalue weighted by Crippen LogP contribution is 2.08. The summed E-state index contributed by atoms with van der Waals surface area (Å²) in [5.41, 5.74) is 0. The Morgan fingerprint density at radius 3 is 1.21 bits per heavy atom. The van der Waals surface area contributed by atoms with E-state index in [1.165, 1.54) is 94.9 Å². The van der Waals surface area contributed by atoms with Crippen molar-refractivity contribution in [3.05, 3.63) is 116 Å². The van der Waals surface area contributed by atoms with Crippen molar-refractivity contribution in [1.82, 2.24) is 0 Å². The molecule has 0 rings (SSSR count). The summed E-state index contributed by atoms with van der Waals surface area (Å²) < 4.78 is 44.9. The van der Waals surface area contributed by atoms with Gasteiger partial charge in [0.15, 0.2) is 0 Å². The normalized spacial score (nSPS) is 11.7. The van der Waals surface area contributed by atoms with Gasteiger partial charge in [-0.05, 0) is 57.3 Å². The minimum atomic E-state index is 0.0560. The second kappa shape index (κ2) is 61.1. The molecule has 9 nitrogen and oxygen atoms in total. The Hall–Kier alpha value is -4.14. The highest BCUT2D eigenvalue weighted by molar-refractivity contribution is 4.62. The van der Waals surface area contributed by atoms with Gasteiger partial charge >= 0.3 is 0 Å². The fourth-order valence-corrected chi connectivity index (χ4v) is 3.88. The molecular weight excluding hydrogens is 721 g/mol. The summed E-state index contributed by atoms with van der Waals surface area (Å²) in [4.78, 5) is 0. The highest BCUT2D eigenvalue weighted by Gasteiger charge is 2.03. The fourth-order valence-electron chi connectivity index (χ4n) is 3.88. The molecule has 0 aliphatic rings. The molecule has 0 fully saturated rings. The van der Waals surface area contributed by atoms with Gasteiger partial charge in [0.05, 0.1) is 88.9 Å². The molecule has 0 saturated heterocycles. The van der Waals surface area contributed by atoms with E-state index in [0.29, 0.717) is 50.3 Å². The zero-order chi connectivity index (χ0) is 44.8. The lowest BCUT2D eigenvalue weighted by Crippen LogP contribution is -2.14. The molecule has 0 heterocycles. The topological polar surface area (TPSA) is 83.1 Å². The van der Waals surface area contributed by atoms with Crippen LogP contribution in [-0.2, 0) is 42.6 Å². The lowest BCUT2D eigenvalue weighted by atomic mass is 10.1. The molecule has 0 aliphatic carbocycles. The van der Waals surface area contributed by atoms with E-state index < -0.39 is 0 Å². The van der Waals surface area contributed by atoms with Crippen LogP contribution in [0.2, 0.25) is 0 Å². The molecule has 0 bridgehead atoms. The minimum absolute atomic E-state index is 0.0560. The Bertz CT molecular complexity index is 857. The number of rotatable bonds is 33. The lowest BCUT2D eigenvalue weighted by molar-refractivity contribution is 0.0668. The molecule has 0 aromatic heterocycles. The molecular formula is C48H90O9. The first kappa shape index (κ1) is 64.7. The van der Waals surface area contributed by atoms with Crippen LogP contribution in [0.5, 0.6) is 0 Å². The third-order valence-electron chi connectivity index (χ3n) is 7.44. The van der Waals surface area contributed by atoms with Crippen molar-refractivity contribution in [3.63, 3.8) is 0 Å². The van der Waals surface area contributed by atoms with E-state index in [9.17, 15) is 0 Å². The minimum Gasteiger partial charge on any atom is -0.502 e. The van der Waals surface area contributed by atoms with Crippen molar-refractivity contribution in [2.75, 3.05) is 39.6 Å². The van der Waals surface area contributed by atoms with Crippen LogP contribution in [-0.4, -0.2) is 58.0 Å². The maximum Gasteiger partial charge on any atom is 0.131 e. The molecule has 0 radical (unpaired) electrons. The van der Waals surface area contributed by atoms with Gasteiger partial charge < -0.3 is 42.6 Å². The summed E-state index contributed by atoms with van der Waals surface area (Å²) in [7, 11) is 0. The molecule has 0 aliphatic heterocycles. The summed E-state index contributed by atoms with van der Waals surface area (Å²) in [5.74, 6) is 1.90. The van der Waals surface area contributed by atoms with Crippen molar-refractivity contribution in [2.45, 2.75) is 138 Å². The standard InChI is InChI=1S/C9H16O2.C9H18O.C8H14O2.C8H16O.C7H12O2.C7H14O/c1-4-10-7-6-9(3)8-11-5-2;1-4-6-7-9(3)8-10-5-2;1-4-8(10-6-3)7-9-5-2;1-4-8(5-2)7-9-6-3;1-4-8-6-7(3)9-5-2;1-4-6-7(3)8-5-2/h4-5,9H,1-2,6-8H2,3H3;5,9H,2,4,6-8H2,1,3H3;5-6,8H,2-4,7H2,1H3;6,8H,3-5,7H2,1-2H3;4-5,7H,1-2,6H2,3H3;5,7H,2,4,6H2,1,3H3. The van der Waals surface area contributed by atoms with E-state index in [4.69, 9.17) is 42.6 Å². The predicted octanol–water partition coefficient (Wildman–Crippen LogP) is 14.0. The first-order valence-corrected chi connectivity index (χ1v) is 20.6. The second-order valence-corrected chi connectivity index (χ2v) is 12.7. The van der Waals surface area contributed by atoms with Crippen LogP contribution < -0.4 is 0 Å². The molecule has 9 heteroatoms. The molecule has 0 spiro atoms. The maximum absolute atomic E-state index is 5.08. The molecule has 336 valence electrons. The summed E-state index contributed by atoms with van der Waals surface area (Å²) >= 11 is 0. The third kappa shape index (κ3) is 70.2.